The van der Waals surface area contributed by atoms with Crippen molar-refractivity contribution in [2.75, 3.05) is 0 Å². The summed E-state index contributed by atoms with van der Waals surface area (Å²) in [5.41, 5.74) is -0.0438. The first-order valence-electron chi connectivity index (χ1n) is 10.4. The van der Waals surface area contributed by atoms with E-state index in [4.69, 9.17) is 4.74 Å². The molecule has 0 saturated heterocycles. The Balaban J connectivity index is 1.89. The first-order chi connectivity index (χ1) is 15.8. The zero-order valence-electron chi connectivity index (χ0n) is 18.8. The van der Waals surface area contributed by atoms with Crippen molar-refractivity contribution in [3.8, 4) is 11.5 Å². The van der Waals surface area contributed by atoms with Gasteiger partial charge in [-0.2, -0.15) is 0 Å². The Labute approximate surface area is 194 Å². The number of ether oxygens (including phenoxy) is 2. The van der Waals surface area contributed by atoms with Crippen LogP contribution in [-0.4, -0.2) is 29.4 Å². The standard InChI is InChI=1S/C25H24F3NO5/c1-24(2,3)21(23(31)32)29-22(30)19-13-10-16-6-4-5-7-18(16)20(19)33-14-15-8-11-17(12-9-15)34-25(26,27)28/h4-13,21H,14H2,1-3H3,(H,29,30)(H,31,32)/t21-/m1/s1. The summed E-state index contributed by atoms with van der Waals surface area (Å²) in [5.74, 6) is -1.89. The number of fused-ring (bicyclic) bond motifs is 1. The summed E-state index contributed by atoms with van der Waals surface area (Å²) >= 11 is 0. The molecular formula is C25H24F3NO5. The molecule has 3 aromatic rings. The molecule has 0 aromatic heterocycles. The van der Waals surface area contributed by atoms with Gasteiger partial charge >= 0.3 is 12.3 Å². The fourth-order valence-corrected chi connectivity index (χ4v) is 3.38. The second-order valence-electron chi connectivity index (χ2n) is 8.75. The number of hydrogen-bond donors (Lipinski definition) is 2. The van der Waals surface area contributed by atoms with Gasteiger partial charge in [-0.3, -0.25) is 4.79 Å². The van der Waals surface area contributed by atoms with Crippen LogP contribution in [0, 0.1) is 5.41 Å². The largest absolute Gasteiger partial charge is 0.573 e. The Hall–Kier alpha value is -3.75. The molecule has 0 radical (unpaired) electrons. The topological polar surface area (TPSA) is 84.9 Å². The number of alkyl halides is 3. The van der Waals surface area contributed by atoms with Crippen LogP contribution in [0.3, 0.4) is 0 Å². The molecule has 180 valence electrons. The normalized spacial score (nSPS) is 12.8. The second-order valence-corrected chi connectivity index (χ2v) is 8.75. The van der Waals surface area contributed by atoms with E-state index in [1.54, 1.807) is 45.0 Å². The predicted molar refractivity (Wildman–Crippen MR) is 120 cm³/mol. The zero-order chi connectivity index (χ0) is 25.1. The van der Waals surface area contributed by atoms with Crippen LogP contribution in [0.2, 0.25) is 0 Å². The molecule has 0 unspecified atom stereocenters. The third-order valence-corrected chi connectivity index (χ3v) is 5.05. The molecule has 0 aliphatic heterocycles. The van der Waals surface area contributed by atoms with E-state index in [2.05, 4.69) is 10.1 Å². The van der Waals surface area contributed by atoms with E-state index in [1.165, 1.54) is 24.3 Å². The van der Waals surface area contributed by atoms with Crippen LogP contribution in [0.4, 0.5) is 13.2 Å². The molecular weight excluding hydrogens is 451 g/mol. The number of halogens is 3. The molecule has 9 heteroatoms. The molecule has 0 heterocycles. The maximum absolute atomic E-state index is 13.1. The molecule has 1 atom stereocenters. The summed E-state index contributed by atoms with van der Waals surface area (Å²) < 4.78 is 46.9. The first kappa shape index (κ1) is 24.9. The van der Waals surface area contributed by atoms with Gasteiger partial charge in [-0.25, -0.2) is 4.79 Å². The lowest BCUT2D eigenvalue weighted by atomic mass is 9.86. The number of carbonyl (C=O) groups excluding carboxylic acids is 1. The smallest absolute Gasteiger partial charge is 0.487 e. The van der Waals surface area contributed by atoms with Crippen LogP contribution in [0.5, 0.6) is 11.5 Å². The minimum atomic E-state index is -4.79. The molecule has 1 amide bonds. The lowest BCUT2D eigenvalue weighted by Crippen LogP contribution is -2.49. The number of carboxylic acids is 1. The van der Waals surface area contributed by atoms with E-state index in [-0.39, 0.29) is 23.7 Å². The summed E-state index contributed by atoms with van der Waals surface area (Å²) in [5, 5.41) is 13.6. The molecule has 0 aliphatic carbocycles. The van der Waals surface area contributed by atoms with Gasteiger partial charge in [0, 0.05) is 5.39 Å². The van der Waals surface area contributed by atoms with E-state index in [9.17, 15) is 27.9 Å². The van der Waals surface area contributed by atoms with Gasteiger partial charge < -0.3 is 19.9 Å². The van der Waals surface area contributed by atoms with E-state index in [0.29, 0.717) is 10.9 Å². The van der Waals surface area contributed by atoms with Gasteiger partial charge in [0.15, 0.2) is 0 Å². The first-order valence-corrected chi connectivity index (χ1v) is 10.4. The van der Waals surface area contributed by atoms with Crippen molar-refractivity contribution in [2.45, 2.75) is 39.8 Å². The summed E-state index contributed by atoms with van der Waals surface area (Å²) in [6, 6.07) is 14.5. The number of rotatable bonds is 7. The van der Waals surface area contributed by atoms with Gasteiger partial charge in [-0.05, 0) is 34.6 Å². The molecule has 0 saturated carbocycles. The Morgan fingerprint density at radius 3 is 2.21 bits per heavy atom. The Morgan fingerprint density at radius 2 is 1.62 bits per heavy atom. The SMILES string of the molecule is CC(C)(C)[C@H](NC(=O)c1ccc2ccccc2c1OCc1ccc(OC(F)(F)F)cc1)C(=O)O. The number of carbonyl (C=O) groups is 2. The van der Waals surface area contributed by atoms with Gasteiger partial charge in [-0.15, -0.1) is 13.2 Å². The maximum Gasteiger partial charge on any atom is 0.573 e. The zero-order valence-corrected chi connectivity index (χ0v) is 18.8. The Morgan fingerprint density at radius 1 is 0.971 bits per heavy atom. The van der Waals surface area contributed by atoms with Crippen LogP contribution in [0.15, 0.2) is 60.7 Å². The van der Waals surface area contributed by atoms with Crippen molar-refractivity contribution in [3.05, 3.63) is 71.8 Å². The Bertz CT molecular complexity index is 1180. The number of aliphatic carboxylic acids is 1. The van der Waals surface area contributed by atoms with Gasteiger partial charge in [0.05, 0.1) is 5.56 Å². The fraction of sp³-hybridized carbons (Fsp3) is 0.280. The molecule has 0 aliphatic rings. The summed E-state index contributed by atoms with van der Waals surface area (Å²) in [6.45, 7) is 5.07. The van der Waals surface area contributed by atoms with E-state index in [0.717, 1.165) is 5.39 Å². The quantitative estimate of drug-likeness (QED) is 0.468. The lowest BCUT2D eigenvalue weighted by Gasteiger charge is -2.28. The average molecular weight is 475 g/mol. The Kier molecular flexibility index (Phi) is 7.04. The van der Waals surface area contributed by atoms with Gasteiger partial charge in [0.1, 0.15) is 24.1 Å². The van der Waals surface area contributed by atoms with Crippen LogP contribution >= 0.6 is 0 Å². The summed E-state index contributed by atoms with van der Waals surface area (Å²) in [7, 11) is 0. The maximum atomic E-state index is 13.1. The van der Waals surface area contributed by atoms with Crippen molar-refractivity contribution < 1.29 is 37.3 Å². The number of benzene rings is 3. The third-order valence-electron chi connectivity index (χ3n) is 5.05. The van der Waals surface area contributed by atoms with E-state index >= 15 is 0 Å². The number of amides is 1. The molecule has 6 nitrogen and oxygen atoms in total. The number of nitrogens with one attached hydrogen (secondary N) is 1. The molecule has 2 N–H and O–H groups in total. The highest BCUT2D eigenvalue weighted by Crippen LogP contribution is 2.32. The summed E-state index contributed by atoms with van der Waals surface area (Å²) in [6.07, 6.45) is -4.79. The minimum Gasteiger partial charge on any atom is -0.487 e. The molecule has 0 spiro atoms. The number of hydrogen-bond acceptors (Lipinski definition) is 4. The monoisotopic (exact) mass is 475 g/mol. The average Bonchev–Trinajstić information content (AvgIpc) is 2.74. The van der Waals surface area contributed by atoms with Crippen LogP contribution in [-0.2, 0) is 11.4 Å². The van der Waals surface area contributed by atoms with Crippen molar-refractivity contribution >= 4 is 22.6 Å². The lowest BCUT2D eigenvalue weighted by molar-refractivity contribution is -0.274. The minimum absolute atomic E-state index is 0.0395. The highest BCUT2D eigenvalue weighted by molar-refractivity contribution is 6.05. The fourth-order valence-electron chi connectivity index (χ4n) is 3.38. The predicted octanol–water partition coefficient (Wildman–Crippen LogP) is 5.55. The third kappa shape index (κ3) is 6.18. The molecule has 0 bridgehead atoms. The van der Waals surface area contributed by atoms with Crippen LogP contribution < -0.4 is 14.8 Å². The van der Waals surface area contributed by atoms with Crippen molar-refractivity contribution in [3.63, 3.8) is 0 Å². The van der Waals surface area contributed by atoms with Crippen LogP contribution in [0.1, 0.15) is 36.7 Å². The summed E-state index contributed by atoms with van der Waals surface area (Å²) in [4.78, 5) is 24.8. The molecule has 0 fully saturated rings. The number of carboxylic acid groups (broad SMARTS) is 1. The van der Waals surface area contributed by atoms with Crippen molar-refractivity contribution in [2.24, 2.45) is 5.41 Å². The van der Waals surface area contributed by atoms with E-state index in [1.807, 2.05) is 12.1 Å². The van der Waals surface area contributed by atoms with Crippen molar-refractivity contribution in [1.82, 2.24) is 5.32 Å². The highest BCUT2D eigenvalue weighted by atomic mass is 19.4. The molecule has 3 rings (SSSR count). The second kappa shape index (κ2) is 9.62. The molecule has 34 heavy (non-hydrogen) atoms. The van der Waals surface area contributed by atoms with Gasteiger partial charge in [0.2, 0.25) is 0 Å². The highest BCUT2D eigenvalue weighted by Gasteiger charge is 2.34. The molecule has 3 aromatic carbocycles. The van der Waals surface area contributed by atoms with Crippen LogP contribution in [0.25, 0.3) is 10.8 Å². The van der Waals surface area contributed by atoms with Gasteiger partial charge in [0.25, 0.3) is 5.91 Å². The van der Waals surface area contributed by atoms with Crippen molar-refractivity contribution in [1.29, 1.82) is 0 Å². The van der Waals surface area contributed by atoms with E-state index < -0.39 is 29.7 Å². The van der Waals surface area contributed by atoms with Gasteiger partial charge in [-0.1, -0.05) is 63.2 Å².